The van der Waals surface area contributed by atoms with Gasteiger partial charge in [-0.3, -0.25) is 4.79 Å². The van der Waals surface area contributed by atoms with Crippen molar-refractivity contribution in [3.8, 4) is 0 Å². The normalized spacial score (nSPS) is 20.6. The Balaban J connectivity index is 0.000000296. The van der Waals surface area contributed by atoms with E-state index in [4.69, 9.17) is 0 Å². The van der Waals surface area contributed by atoms with Crippen molar-refractivity contribution < 1.29 is 4.79 Å². The van der Waals surface area contributed by atoms with E-state index in [0.717, 1.165) is 65.5 Å². The number of carbonyl (C=O) groups excluding carboxylic acids is 1. The van der Waals surface area contributed by atoms with Crippen LogP contribution in [0.2, 0.25) is 0 Å². The number of amides is 1. The summed E-state index contributed by atoms with van der Waals surface area (Å²) in [4.78, 5) is 13.7. The number of aryl methyl sites for hydroxylation is 1. The SMILES string of the molecule is C1CC1.C=C(/C=C(/NCC1CCCN(C(C)=O)C1)n1ncc(Br)c1C)c1ccccc1C.C=CCC1CC=CC(C)(C)C1. The molecule has 1 aromatic heterocycles. The van der Waals surface area contributed by atoms with Crippen LogP contribution in [-0.2, 0) is 4.79 Å². The number of rotatable bonds is 8. The van der Waals surface area contributed by atoms with Crippen molar-refractivity contribution in [2.45, 2.75) is 86.0 Å². The predicted molar refractivity (Wildman–Crippen MR) is 186 cm³/mol. The number of nitrogens with zero attached hydrogens (tertiary/aromatic N) is 3. The number of carbonyl (C=O) groups is 1. The molecule has 1 aromatic carbocycles. The Morgan fingerprint density at radius 3 is 2.47 bits per heavy atom. The second-order valence-electron chi connectivity index (χ2n) is 13.0. The Kier molecular flexibility index (Phi) is 13.6. The van der Waals surface area contributed by atoms with Crippen LogP contribution in [0.4, 0.5) is 0 Å². The zero-order valence-corrected chi connectivity index (χ0v) is 28.8. The molecule has 2 heterocycles. The third-order valence-electron chi connectivity index (χ3n) is 8.22. The molecule has 2 fully saturated rings. The monoisotopic (exact) mass is 648 g/mol. The first kappa shape index (κ1) is 34.6. The van der Waals surface area contributed by atoms with Crippen molar-refractivity contribution in [3.63, 3.8) is 0 Å². The van der Waals surface area contributed by atoms with Gasteiger partial charge in [0.2, 0.25) is 5.91 Å². The highest BCUT2D eigenvalue weighted by molar-refractivity contribution is 9.10. The summed E-state index contributed by atoms with van der Waals surface area (Å²) < 4.78 is 2.87. The first-order chi connectivity index (χ1) is 20.5. The van der Waals surface area contributed by atoms with Gasteiger partial charge in [0.1, 0.15) is 5.82 Å². The minimum Gasteiger partial charge on any atom is -0.370 e. The van der Waals surface area contributed by atoms with E-state index in [1.54, 1.807) is 13.1 Å². The summed E-state index contributed by atoms with van der Waals surface area (Å²) in [7, 11) is 0. The molecule has 0 bridgehead atoms. The molecule has 5 rings (SSSR count). The van der Waals surface area contributed by atoms with Crippen molar-refractivity contribution in [2.75, 3.05) is 19.6 Å². The van der Waals surface area contributed by atoms with Gasteiger partial charge in [-0.15, -0.1) is 6.58 Å². The fraction of sp³-hybridized carbons (Fsp3) is 0.514. The molecule has 3 aliphatic rings. The van der Waals surface area contributed by atoms with E-state index in [1.165, 1.54) is 44.1 Å². The zero-order chi connectivity index (χ0) is 31.4. The Bertz CT molecular complexity index is 1280. The van der Waals surface area contributed by atoms with Crippen molar-refractivity contribution in [1.29, 1.82) is 0 Å². The highest BCUT2D eigenvalue weighted by Gasteiger charge is 2.23. The number of nitrogens with one attached hydrogen (secondary N) is 1. The van der Waals surface area contributed by atoms with Gasteiger partial charge in [0.15, 0.2) is 0 Å². The van der Waals surface area contributed by atoms with Crippen molar-refractivity contribution in [3.05, 3.63) is 89.2 Å². The number of likely N-dealkylation sites (tertiary alicyclic amines) is 1. The summed E-state index contributed by atoms with van der Waals surface area (Å²) in [5.41, 5.74) is 4.69. The van der Waals surface area contributed by atoms with Crippen LogP contribution in [0, 0.1) is 31.1 Å². The highest BCUT2D eigenvalue weighted by atomic mass is 79.9. The van der Waals surface area contributed by atoms with Gasteiger partial charge in [0, 0.05) is 26.6 Å². The molecule has 2 unspecified atom stereocenters. The molecule has 1 saturated carbocycles. The summed E-state index contributed by atoms with van der Waals surface area (Å²) in [6.45, 7) is 20.9. The summed E-state index contributed by atoms with van der Waals surface area (Å²) in [5.74, 6) is 2.31. The molecule has 2 atom stereocenters. The Labute approximate surface area is 269 Å². The minimum atomic E-state index is 0.158. The smallest absolute Gasteiger partial charge is 0.219 e. The molecular weight excluding hydrogens is 596 g/mol. The van der Waals surface area contributed by atoms with Gasteiger partial charge in [0.05, 0.1) is 16.4 Å². The Morgan fingerprint density at radius 2 is 1.88 bits per heavy atom. The standard InChI is InChI=1S/C23H29BrN4O.C11H18.C3H6/c1-16-8-5-6-10-21(16)17(2)12-23(28-18(3)22(24)14-26-28)25-13-20-9-7-11-27(15-20)19(4)29;1-4-6-10-7-5-8-11(2,3)9-10;1-2-3-1/h5-6,8,10,12,14,20,25H,2,7,9,11,13,15H2,1,3-4H3;4-5,8,10H,1,6-7,9H2,2-3H3;1-3H2/b23-12-;;. The Morgan fingerprint density at radius 1 is 1.16 bits per heavy atom. The summed E-state index contributed by atoms with van der Waals surface area (Å²) in [6.07, 6.45) is 21.0. The highest BCUT2D eigenvalue weighted by Crippen LogP contribution is 2.35. The number of hydrogen-bond acceptors (Lipinski definition) is 3. The molecule has 2 aromatic rings. The fourth-order valence-electron chi connectivity index (χ4n) is 5.65. The molecule has 43 heavy (non-hydrogen) atoms. The van der Waals surface area contributed by atoms with Gasteiger partial charge in [-0.1, -0.05) is 82.2 Å². The number of halogens is 1. The lowest BCUT2D eigenvalue weighted by molar-refractivity contribution is -0.130. The average Bonchev–Trinajstić information content (AvgIpc) is 3.82. The van der Waals surface area contributed by atoms with Crippen LogP contribution in [0.15, 0.2) is 72.4 Å². The third kappa shape index (κ3) is 11.6. The lowest BCUT2D eigenvalue weighted by Gasteiger charge is -2.32. The van der Waals surface area contributed by atoms with Gasteiger partial charge < -0.3 is 10.2 Å². The van der Waals surface area contributed by atoms with E-state index in [2.05, 4.69) is 90.6 Å². The van der Waals surface area contributed by atoms with E-state index in [-0.39, 0.29) is 5.91 Å². The summed E-state index contributed by atoms with van der Waals surface area (Å²) in [6, 6.07) is 8.25. The molecule has 0 spiro atoms. The van der Waals surface area contributed by atoms with Crippen LogP contribution in [-0.4, -0.2) is 40.2 Å². The molecule has 6 heteroatoms. The first-order valence-electron chi connectivity index (χ1n) is 16.0. The van der Waals surface area contributed by atoms with Crippen LogP contribution < -0.4 is 5.32 Å². The van der Waals surface area contributed by atoms with Crippen LogP contribution >= 0.6 is 15.9 Å². The van der Waals surface area contributed by atoms with Gasteiger partial charge in [-0.05, 0) is 102 Å². The fourth-order valence-corrected chi connectivity index (χ4v) is 5.91. The Hall–Kier alpha value is -2.86. The molecule has 1 N–H and O–H groups in total. The maximum absolute atomic E-state index is 11.7. The maximum atomic E-state index is 11.7. The van der Waals surface area contributed by atoms with E-state index in [9.17, 15) is 4.79 Å². The predicted octanol–water partition coefficient (Wildman–Crippen LogP) is 9.35. The number of piperidine rings is 1. The van der Waals surface area contributed by atoms with Gasteiger partial charge in [-0.25, -0.2) is 4.68 Å². The lowest BCUT2D eigenvalue weighted by atomic mass is 9.76. The first-order valence-corrected chi connectivity index (χ1v) is 16.7. The van der Waals surface area contributed by atoms with Crippen LogP contribution in [0.25, 0.3) is 11.4 Å². The van der Waals surface area contributed by atoms with Crippen LogP contribution in [0.5, 0.6) is 0 Å². The minimum absolute atomic E-state index is 0.158. The number of aromatic nitrogens is 2. The molecule has 2 aliphatic carbocycles. The quantitative estimate of drug-likeness (QED) is 0.229. The van der Waals surface area contributed by atoms with Crippen molar-refractivity contribution >= 4 is 33.2 Å². The third-order valence-corrected chi connectivity index (χ3v) is 9.00. The summed E-state index contributed by atoms with van der Waals surface area (Å²) >= 11 is 3.55. The number of allylic oxidation sites excluding steroid dienone is 5. The van der Waals surface area contributed by atoms with Crippen molar-refractivity contribution in [2.24, 2.45) is 17.3 Å². The van der Waals surface area contributed by atoms with Crippen LogP contribution in [0.3, 0.4) is 0 Å². The second kappa shape index (κ2) is 16.8. The topological polar surface area (TPSA) is 50.2 Å². The van der Waals surface area contributed by atoms with Crippen molar-refractivity contribution in [1.82, 2.24) is 20.0 Å². The van der Waals surface area contributed by atoms with Gasteiger partial charge >= 0.3 is 0 Å². The second-order valence-corrected chi connectivity index (χ2v) is 13.8. The molecule has 0 radical (unpaired) electrons. The largest absolute Gasteiger partial charge is 0.370 e. The molecule has 234 valence electrons. The van der Waals surface area contributed by atoms with E-state index < -0.39 is 0 Å². The maximum Gasteiger partial charge on any atom is 0.219 e. The molecule has 1 saturated heterocycles. The summed E-state index contributed by atoms with van der Waals surface area (Å²) in [5, 5.41) is 8.11. The van der Waals surface area contributed by atoms with Crippen LogP contribution in [0.1, 0.15) is 89.0 Å². The molecule has 1 aliphatic heterocycles. The number of benzene rings is 1. The molecule has 1 amide bonds. The molecule has 5 nitrogen and oxygen atoms in total. The van der Waals surface area contributed by atoms with E-state index >= 15 is 0 Å². The average molecular weight is 650 g/mol. The number of hydrogen-bond donors (Lipinski definition) is 1. The zero-order valence-electron chi connectivity index (χ0n) is 27.2. The van der Waals surface area contributed by atoms with Gasteiger partial charge in [0.25, 0.3) is 0 Å². The lowest BCUT2D eigenvalue weighted by Crippen LogP contribution is -2.42. The van der Waals surface area contributed by atoms with Gasteiger partial charge in [-0.2, -0.15) is 5.10 Å². The van der Waals surface area contributed by atoms with E-state index in [1.807, 2.05) is 34.7 Å². The van der Waals surface area contributed by atoms with E-state index in [0.29, 0.717) is 11.3 Å². The molecular formula is C37H53BrN4O.